The van der Waals surface area contributed by atoms with Crippen LogP contribution in [0.2, 0.25) is 5.02 Å². The number of hydrogen-bond acceptors (Lipinski definition) is 3. The number of carbonyl (C=O) groups is 2. The SMILES string of the molecule is Cc1ccc(C(=O)NCCNC(=O)c2ccccc2Cl)c(=O)[nH]1. The van der Waals surface area contributed by atoms with Crippen molar-refractivity contribution in [3.05, 3.63) is 68.6 Å². The highest BCUT2D eigenvalue weighted by molar-refractivity contribution is 6.33. The van der Waals surface area contributed by atoms with Gasteiger partial charge in [-0.1, -0.05) is 23.7 Å². The van der Waals surface area contributed by atoms with Gasteiger partial charge in [0, 0.05) is 18.8 Å². The van der Waals surface area contributed by atoms with E-state index in [1.54, 1.807) is 37.3 Å². The summed E-state index contributed by atoms with van der Waals surface area (Å²) in [5.41, 5.74) is 0.643. The predicted molar refractivity (Wildman–Crippen MR) is 87.9 cm³/mol. The van der Waals surface area contributed by atoms with Crippen LogP contribution in [0.1, 0.15) is 26.4 Å². The van der Waals surface area contributed by atoms with Crippen LogP contribution in [-0.2, 0) is 0 Å². The Morgan fingerprint density at radius 1 is 1.00 bits per heavy atom. The number of nitrogens with one attached hydrogen (secondary N) is 3. The van der Waals surface area contributed by atoms with Gasteiger partial charge in [-0.25, -0.2) is 0 Å². The van der Waals surface area contributed by atoms with Crippen molar-refractivity contribution in [2.75, 3.05) is 13.1 Å². The van der Waals surface area contributed by atoms with E-state index >= 15 is 0 Å². The van der Waals surface area contributed by atoms with Crippen molar-refractivity contribution in [1.82, 2.24) is 15.6 Å². The van der Waals surface area contributed by atoms with Crippen LogP contribution in [0.4, 0.5) is 0 Å². The highest BCUT2D eigenvalue weighted by atomic mass is 35.5. The van der Waals surface area contributed by atoms with Crippen LogP contribution >= 0.6 is 11.6 Å². The van der Waals surface area contributed by atoms with Crippen molar-refractivity contribution in [2.24, 2.45) is 0 Å². The van der Waals surface area contributed by atoms with Crippen molar-refractivity contribution < 1.29 is 9.59 Å². The first kappa shape index (κ1) is 16.8. The topological polar surface area (TPSA) is 91.1 Å². The van der Waals surface area contributed by atoms with Crippen molar-refractivity contribution in [1.29, 1.82) is 0 Å². The van der Waals surface area contributed by atoms with Gasteiger partial charge in [-0.2, -0.15) is 0 Å². The Labute approximate surface area is 137 Å². The van der Waals surface area contributed by atoms with Crippen molar-refractivity contribution in [2.45, 2.75) is 6.92 Å². The van der Waals surface area contributed by atoms with Crippen LogP contribution in [-0.4, -0.2) is 29.9 Å². The molecule has 0 unspecified atom stereocenters. The molecule has 2 aromatic rings. The maximum absolute atomic E-state index is 11.9. The Bertz CT molecular complexity index is 786. The number of H-pyrrole nitrogens is 1. The molecule has 0 radical (unpaired) electrons. The lowest BCUT2D eigenvalue weighted by Crippen LogP contribution is -2.36. The molecule has 2 rings (SSSR count). The molecule has 0 saturated carbocycles. The highest BCUT2D eigenvalue weighted by Crippen LogP contribution is 2.14. The molecule has 1 aromatic carbocycles. The lowest BCUT2D eigenvalue weighted by Gasteiger charge is -2.08. The molecule has 23 heavy (non-hydrogen) atoms. The zero-order valence-electron chi connectivity index (χ0n) is 12.5. The van der Waals surface area contributed by atoms with E-state index in [4.69, 9.17) is 11.6 Å². The van der Waals surface area contributed by atoms with E-state index in [2.05, 4.69) is 15.6 Å². The van der Waals surface area contributed by atoms with Gasteiger partial charge in [0.1, 0.15) is 5.56 Å². The normalized spacial score (nSPS) is 10.2. The minimum Gasteiger partial charge on any atom is -0.350 e. The summed E-state index contributed by atoms with van der Waals surface area (Å²) in [6.45, 7) is 2.15. The molecule has 1 aromatic heterocycles. The van der Waals surface area contributed by atoms with Crippen molar-refractivity contribution in [3.8, 4) is 0 Å². The van der Waals surface area contributed by atoms with Gasteiger partial charge in [0.15, 0.2) is 0 Å². The molecule has 2 amide bonds. The number of rotatable bonds is 5. The third-order valence-electron chi connectivity index (χ3n) is 3.11. The van der Waals surface area contributed by atoms with Gasteiger partial charge >= 0.3 is 0 Å². The van der Waals surface area contributed by atoms with Crippen LogP contribution in [0.5, 0.6) is 0 Å². The average Bonchev–Trinajstić information content (AvgIpc) is 2.51. The molecule has 0 spiro atoms. The fraction of sp³-hybridized carbons (Fsp3) is 0.188. The first-order valence-electron chi connectivity index (χ1n) is 7.00. The standard InChI is InChI=1S/C16H16ClN3O3/c1-10-6-7-12(16(23)20-10)15(22)19-9-8-18-14(21)11-4-2-3-5-13(11)17/h2-7H,8-9H2,1H3,(H,18,21)(H,19,22)(H,20,23). The molecular formula is C16H16ClN3O3. The third kappa shape index (κ3) is 4.43. The molecule has 0 saturated heterocycles. The average molecular weight is 334 g/mol. The van der Waals surface area contributed by atoms with Crippen LogP contribution < -0.4 is 16.2 Å². The fourth-order valence-corrected chi connectivity index (χ4v) is 2.16. The Kier molecular flexibility index (Phi) is 5.54. The van der Waals surface area contributed by atoms with Gasteiger partial charge in [0.2, 0.25) is 0 Å². The number of carbonyl (C=O) groups excluding carboxylic acids is 2. The minimum absolute atomic E-state index is 0.0352. The Morgan fingerprint density at radius 3 is 2.22 bits per heavy atom. The first-order valence-corrected chi connectivity index (χ1v) is 7.37. The van der Waals surface area contributed by atoms with Gasteiger partial charge in [0.25, 0.3) is 17.4 Å². The number of aromatic nitrogens is 1. The monoisotopic (exact) mass is 333 g/mol. The number of amides is 2. The first-order chi connectivity index (χ1) is 11.0. The molecule has 6 nitrogen and oxygen atoms in total. The second-order valence-corrected chi connectivity index (χ2v) is 5.28. The maximum atomic E-state index is 11.9. The molecule has 3 N–H and O–H groups in total. The van der Waals surface area contributed by atoms with E-state index in [0.29, 0.717) is 16.3 Å². The van der Waals surface area contributed by atoms with Crippen molar-refractivity contribution >= 4 is 23.4 Å². The second-order valence-electron chi connectivity index (χ2n) is 4.88. The number of benzene rings is 1. The Morgan fingerprint density at radius 2 is 1.61 bits per heavy atom. The third-order valence-corrected chi connectivity index (χ3v) is 3.44. The summed E-state index contributed by atoms with van der Waals surface area (Å²) in [4.78, 5) is 38.0. The summed E-state index contributed by atoms with van der Waals surface area (Å²) < 4.78 is 0. The summed E-state index contributed by atoms with van der Waals surface area (Å²) in [5.74, 6) is -0.809. The molecule has 0 bridgehead atoms. The summed E-state index contributed by atoms with van der Waals surface area (Å²) in [6, 6.07) is 9.80. The van der Waals surface area contributed by atoms with Crippen LogP contribution in [0, 0.1) is 6.92 Å². The van der Waals surface area contributed by atoms with Gasteiger partial charge in [0.05, 0.1) is 10.6 Å². The molecule has 0 aliphatic rings. The summed E-state index contributed by atoms with van der Waals surface area (Å²) in [7, 11) is 0. The van der Waals surface area contributed by atoms with Crippen LogP contribution in [0.25, 0.3) is 0 Å². The molecule has 0 aliphatic carbocycles. The Hall–Kier alpha value is -2.60. The zero-order chi connectivity index (χ0) is 16.8. The van der Waals surface area contributed by atoms with Crippen LogP contribution in [0.15, 0.2) is 41.2 Å². The molecule has 120 valence electrons. The number of halogens is 1. The predicted octanol–water partition coefficient (Wildman–Crippen LogP) is 1.50. The molecule has 0 fully saturated rings. The number of pyridine rings is 1. The molecule has 0 aliphatic heterocycles. The van der Waals surface area contributed by atoms with Crippen molar-refractivity contribution in [3.63, 3.8) is 0 Å². The van der Waals surface area contributed by atoms with Gasteiger partial charge in [-0.05, 0) is 31.2 Å². The maximum Gasteiger partial charge on any atom is 0.260 e. The molecule has 1 heterocycles. The van der Waals surface area contributed by atoms with E-state index in [1.165, 1.54) is 6.07 Å². The van der Waals surface area contributed by atoms with E-state index in [0.717, 1.165) is 0 Å². The minimum atomic E-state index is -0.488. The summed E-state index contributed by atoms with van der Waals surface area (Å²) in [6.07, 6.45) is 0. The number of aryl methyl sites for hydroxylation is 1. The highest BCUT2D eigenvalue weighted by Gasteiger charge is 2.11. The summed E-state index contributed by atoms with van der Waals surface area (Å²) in [5, 5.41) is 5.58. The lowest BCUT2D eigenvalue weighted by molar-refractivity contribution is 0.0927. The van der Waals surface area contributed by atoms with E-state index in [1.807, 2.05) is 0 Å². The van der Waals surface area contributed by atoms with Gasteiger partial charge in [-0.3, -0.25) is 14.4 Å². The Balaban J connectivity index is 1.83. The quantitative estimate of drug-likeness (QED) is 0.724. The summed E-state index contributed by atoms with van der Waals surface area (Å²) >= 11 is 5.92. The smallest absolute Gasteiger partial charge is 0.260 e. The number of hydrogen-bond donors (Lipinski definition) is 3. The zero-order valence-corrected chi connectivity index (χ0v) is 13.2. The van der Waals surface area contributed by atoms with Gasteiger partial charge < -0.3 is 15.6 Å². The molecule has 0 atom stereocenters. The molecule has 7 heteroatoms. The lowest BCUT2D eigenvalue weighted by atomic mass is 10.2. The van der Waals surface area contributed by atoms with Crippen LogP contribution in [0.3, 0.4) is 0 Å². The fourth-order valence-electron chi connectivity index (χ4n) is 1.94. The molecular weight excluding hydrogens is 318 g/mol. The van der Waals surface area contributed by atoms with E-state index in [9.17, 15) is 14.4 Å². The van der Waals surface area contributed by atoms with Gasteiger partial charge in [-0.15, -0.1) is 0 Å². The second kappa shape index (κ2) is 7.60. The number of aromatic amines is 1. The van der Waals surface area contributed by atoms with E-state index < -0.39 is 11.5 Å². The van der Waals surface area contributed by atoms with E-state index in [-0.39, 0.29) is 24.6 Å². The largest absolute Gasteiger partial charge is 0.350 e.